The Kier molecular flexibility index (Phi) is 6.53. The Bertz CT molecular complexity index is 670. The first-order chi connectivity index (χ1) is 11.1. The van der Waals surface area contributed by atoms with Gasteiger partial charge in [-0.15, -0.1) is 11.8 Å². The van der Waals surface area contributed by atoms with Crippen LogP contribution < -0.4 is 10.1 Å². The van der Waals surface area contributed by atoms with Gasteiger partial charge in [-0.25, -0.2) is 0 Å². The van der Waals surface area contributed by atoms with Gasteiger partial charge in [-0.05, 0) is 44.0 Å². The lowest BCUT2D eigenvalue weighted by atomic mass is 10.1. The average molecular weight is 329 g/mol. The first kappa shape index (κ1) is 17.4. The molecule has 122 valence electrons. The quantitative estimate of drug-likeness (QED) is 0.767. The minimum absolute atomic E-state index is 0.0258. The lowest BCUT2D eigenvalue weighted by Gasteiger charge is -2.10. The predicted molar refractivity (Wildman–Crippen MR) is 98.5 cm³/mol. The summed E-state index contributed by atoms with van der Waals surface area (Å²) in [6.45, 7) is 6.68. The normalized spacial score (nSPS) is 10.4. The molecule has 0 aromatic heterocycles. The number of carbonyl (C=O) groups is 1. The van der Waals surface area contributed by atoms with E-state index >= 15 is 0 Å². The number of nitrogens with one attached hydrogen (secondary N) is 1. The molecule has 2 rings (SSSR count). The molecule has 0 atom stereocenters. The molecule has 0 unspecified atom stereocenters. The number of anilines is 1. The first-order valence-corrected chi connectivity index (χ1v) is 8.85. The molecule has 0 fully saturated rings. The van der Waals surface area contributed by atoms with Crippen molar-refractivity contribution in [2.75, 3.05) is 23.4 Å². The molecule has 0 heterocycles. The summed E-state index contributed by atoms with van der Waals surface area (Å²) in [5, 5.41) is 2.95. The zero-order chi connectivity index (χ0) is 16.7. The fourth-order valence-electron chi connectivity index (χ4n) is 2.23. The summed E-state index contributed by atoms with van der Waals surface area (Å²) < 4.78 is 5.72. The van der Waals surface area contributed by atoms with Crippen LogP contribution in [0.15, 0.2) is 42.5 Å². The van der Waals surface area contributed by atoms with Gasteiger partial charge in [-0.1, -0.05) is 35.9 Å². The first-order valence-electron chi connectivity index (χ1n) is 7.69. The molecule has 23 heavy (non-hydrogen) atoms. The number of amides is 1. The highest BCUT2D eigenvalue weighted by Gasteiger charge is 2.05. The maximum atomic E-state index is 12.0. The van der Waals surface area contributed by atoms with Crippen LogP contribution in [0.3, 0.4) is 0 Å². The number of hydrogen-bond acceptors (Lipinski definition) is 3. The summed E-state index contributed by atoms with van der Waals surface area (Å²) in [5.74, 6) is 2.16. The van der Waals surface area contributed by atoms with Crippen LogP contribution in [0.4, 0.5) is 5.69 Å². The molecule has 1 N–H and O–H groups in total. The molecule has 0 aliphatic heterocycles. The Morgan fingerprint density at radius 1 is 1.09 bits per heavy atom. The van der Waals surface area contributed by atoms with Gasteiger partial charge in [-0.2, -0.15) is 0 Å². The minimum Gasteiger partial charge on any atom is -0.492 e. The zero-order valence-corrected chi connectivity index (χ0v) is 14.7. The molecule has 1 amide bonds. The summed E-state index contributed by atoms with van der Waals surface area (Å²) in [7, 11) is 0. The van der Waals surface area contributed by atoms with Gasteiger partial charge in [0.1, 0.15) is 5.75 Å². The van der Waals surface area contributed by atoms with E-state index in [0.29, 0.717) is 12.4 Å². The van der Waals surface area contributed by atoms with Gasteiger partial charge in [-0.3, -0.25) is 4.79 Å². The number of hydrogen-bond donors (Lipinski definition) is 1. The lowest BCUT2D eigenvalue weighted by molar-refractivity contribution is -0.113. The van der Waals surface area contributed by atoms with Crippen molar-refractivity contribution >= 4 is 23.4 Å². The summed E-state index contributed by atoms with van der Waals surface area (Å²) >= 11 is 1.58. The molecule has 0 radical (unpaired) electrons. The molecular formula is C19H23NO2S. The molecule has 0 aliphatic rings. The number of para-hydroxylation sites is 1. The number of rotatable bonds is 7. The van der Waals surface area contributed by atoms with E-state index in [9.17, 15) is 4.79 Å². The van der Waals surface area contributed by atoms with Gasteiger partial charge in [0.05, 0.1) is 12.4 Å². The van der Waals surface area contributed by atoms with E-state index in [0.717, 1.165) is 28.3 Å². The van der Waals surface area contributed by atoms with E-state index in [2.05, 4.69) is 11.4 Å². The highest BCUT2D eigenvalue weighted by molar-refractivity contribution is 7.99. The van der Waals surface area contributed by atoms with E-state index in [1.165, 1.54) is 5.56 Å². The van der Waals surface area contributed by atoms with Crippen LogP contribution in [0.5, 0.6) is 5.75 Å². The molecule has 4 heteroatoms. The zero-order valence-electron chi connectivity index (χ0n) is 13.9. The van der Waals surface area contributed by atoms with E-state index in [-0.39, 0.29) is 5.91 Å². The van der Waals surface area contributed by atoms with E-state index < -0.39 is 0 Å². The van der Waals surface area contributed by atoms with Gasteiger partial charge in [0, 0.05) is 11.4 Å². The third-order valence-corrected chi connectivity index (χ3v) is 4.39. The highest BCUT2D eigenvalue weighted by atomic mass is 32.2. The van der Waals surface area contributed by atoms with Gasteiger partial charge >= 0.3 is 0 Å². The largest absolute Gasteiger partial charge is 0.492 e. The number of benzene rings is 2. The number of ether oxygens (including phenoxy) is 1. The summed E-state index contributed by atoms with van der Waals surface area (Å²) in [6, 6.07) is 14.0. The van der Waals surface area contributed by atoms with Crippen molar-refractivity contribution in [1.82, 2.24) is 0 Å². The van der Waals surface area contributed by atoms with Crippen molar-refractivity contribution in [3.8, 4) is 5.75 Å². The average Bonchev–Trinajstić information content (AvgIpc) is 2.51. The standard InChI is InChI=1S/C19H23NO2S/c1-14-8-9-17(16(3)12-14)20-19(21)13-23-11-10-22-18-7-5-4-6-15(18)2/h4-9,12H,10-11,13H2,1-3H3,(H,20,21). The van der Waals surface area contributed by atoms with Crippen molar-refractivity contribution in [2.45, 2.75) is 20.8 Å². The molecule has 0 saturated carbocycles. The molecule has 0 aliphatic carbocycles. The Labute approximate surface area is 142 Å². The molecular weight excluding hydrogens is 306 g/mol. The van der Waals surface area contributed by atoms with Crippen molar-refractivity contribution in [1.29, 1.82) is 0 Å². The molecule has 0 spiro atoms. The third-order valence-electron chi connectivity index (χ3n) is 3.47. The lowest BCUT2D eigenvalue weighted by Crippen LogP contribution is -2.16. The van der Waals surface area contributed by atoms with Crippen molar-refractivity contribution in [3.05, 3.63) is 59.2 Å². The maximum absolute atomic E-state index is 12.0. The fourth-order valence-corrected chi connectivity index (χ4v) is 2.84. The van der Waals surface area contributed by atoms with Crippen LogP contribution in [-0.4, -0.2) is 24.0 Å². The SMILES string of the molecule is Cc1ccc(NC(=O)CSCCOc2ccccc2C)c(C)c1. The molecule has 0 bridgehead atoms. The Morgan fingerprint density at radius 2 is 1.87 bits per heavy atom. The van der Waals surface area contributed by atoms with Crippen LogP contribution in [0.25, 0.3) is 0 Å². The maximum Gasteiger partial charge on any atom is 0.234 e. The second kappa shape index (κ2) is 8.63. The number of carbonyl (C=O) groups excluding carboxylic acids is 1. The van der Waals surface area contributed by atoms with Crippen LogP contribution in [0, 0.1) is 20.8 Å². The minimum atomic E-state index is 0.0258. The molecule has 0 saturated heterocycles. The van der Waals surface area contributed by atoms with E-state index in [1.54, 1.807) is 11.8 Å². The summed E-state index contributed by atoms with van der Waals surface area (Å²) in [6.07, 6.45) is 0. The van der Waals surface area contributed by atoms with Crippen molar-refractivity contribution in [2.24, 2.45) is 0 Å². The smallest absolute Gasteiger partial charge is 0.234 e. The number of aryl methyl sites for hydroxylation is 3. The Morgan fingerprint density at radius 3 is 2.61 bits per heavy atom. The van der Waals surface area contributed by atoms with Crippen LogP contribution in [0.2, 0.25) is 0 Å². The highest BCUT2D eigenvalue weighted by Crippen LogP contribution is 2.18. The summed E-state index contributed by atoms with van der Waals surface area (Å²) in [4.78, 5) is 12.0. The van der Waals surface area contributed by atoms with Crippen molar-refractivity contribution in [3.63, 3.8) is 0 Å². The topological polar surface area (TPSA) is 38.3 Å². The second-order valence-corrected chi connectivity index (χ2v) is 6.64. The van der Waals surface area contributed by atoms with E-state index in [1.807, 2.05) is 57.2 Å². The van der Waals surface area contributed by atoms with Gasteiger partial charge in [0.15, 0.2) is 0 Å². The summed E-state index contributed by atoms with van der Waals surface area (Å²) in [5.41, 5.74) is 4.30. The monoisotopic (exact) mass is 329 g/mol. The van der Waals surface area contributed by atoms with Crippen molar-refractivity contribution < 1.29 is 9.53 Å². The van der Waals surface area contributed by atoms with Gasteiger partial charge in [0.25, 0.3) is 0 Å². The van der Waals surface area contributed by atoms with Crippen LogP contribution in [-0.2, 0) is 4.79 Å². The Balaban J connectivity index is 1.68. The van der Waals surface area contributed by atoms with E-state index in [4.69, 9.17) is 4.74 Å². The van der Waals surface area contributed by atoms with Crippen LogP contribution in [0.1, 0.15) is 16.7 Å². The number of thioether (sulfide) groups is 1. The Hall–Kier alpha value is -1.94. The van der Waals surface area contributed by atoms with Gasteiger partial charge in [0.2, 0.25) is 5.91 Å². The van der Waals surface area contributed by atoms with Crippen LogP contribution >= 0.6 is 11.8 Å². The third kappa shape index (κ3) is 5.64. The van der Waals surface area contributed by atoms with Gasteiger partial charge < -0.3 is 10.1 Å². The second-order valence-electron chi connectivity index (χ2n) is 5.53. The molecule has 3 nitrogen and oxygen atoms in total. The fraction of sp³-hybridized carbons (Fsp3) is 0.316. The molecule has 2 aromatic rings. The molecule has 2 aromatic carbocycles. The predicted octanol–water partition coefficient (Wildman–Crippen LogP) is 4.36.